The molecule has 34 valence electrons. The van der Waals surface area contributed by atoms with E-state index >= 15 is 0 Å². The van der Waals surface area contributed by atoms with Crippen LogP contribution < -0.4 is 37.7 Å². The van der Waals surface area contributed by atoms with Crippen molar-refractivity contribution in [2.24, 2.45) is 0 Å². The summed E-state index contributed by atoms with van der Waals surface area (Å²) < 4.78 is 0. The maximum atomic E-state index is 0. The van der Waals surface area contributed by atoms with Crippen molar-refractivity contribution in [2.45, 2.75) is 0 Å². The van der Waals surface area contributed by atoms with Crippen molar-refractivity contribution >= 4 is 26.2 Å². The third-order valence-electron chi connectivity index (χ3n) is 0. The first kappa shape index (κ1) is 192. The minimum absolute atomic E-state index is 0. The SMILES string of the molecule is [Bi+3].[F-].[F-].[F-].[F-].[Li+]. The van der Waals surface area contributed by atoms with Crippen molar-refractivity contribution in [2.75, 3.05) is 0 Å². The van der Waals surface area contributed by atoms with E-state index in [1.54, 1.807) is 0 Å². The Hall–Kier alpha value is 1.20. The molecular weight excluding hydrogens is 292 g/mol. The van der Waals surface area contributed by atoms with Gasteiger partial charge in [-0.3, -0.25) is 0 Å². The molecule has 0 nitrogen and oxygen atoms in total. The zero-order chi connectivity index (χ0) is 0. The molecule has 6 heavy (non-hydrogen) atoms. The Morgan fingerprint density at radius 3 is 0.500 bits per heavy atom. The molecule has 0 atom stereocenters. The van der Waals surface area contributed by atoms with E-state index in [0.29, 0.717) is 0 Å². The van der Waals surface area contributed by atoms with Crippen LogP contribution in [0.1, 0.15) is 0 Å². The predicted molar refractivity (Wildman–Crippen MR) is 5.75 cm³/mol. The maximum absolute atomic E-state index is 0. The molecule has 0 fully saturated rings. The normalized spacial score (nSPS) is 0. The maximum Gasteiger partial charge on any atom is 3.00 e. The molecule has 0 aliphatic rings. The number of halogens is 4. The fraction of sp³-hybridized carbons (Fsp3) is 0. The summed E-state index contributed by atoms with van der Waals surface area (Å²) in [5.41, 5.74) is 0. The second-order valence-electron chi connectivity index (χ2n) is 0. The predicted octanol–water partition coefficient (Wildman–Crippen LogP) is -15.4. The van der Waals surface area contributed by atoms with Crippen molar-refractivity contribution < 1.29 is 37.7 Å². The van der Waals surface area contributed by atoms with Gasteiger partial charge in [0.05, 0.1) is 0 Å². The molecule has 0 aromatic carbocycles. The second kappa shape index (κ2) is 116. The summed E-state index contributed by atoms with van der Waals surface area (Å²) in [7, 11) is 0. The van der Waals surface area contributed by atoms with E-state index in [2.05, 4.69) is 0 Å². The summed E-state index contributed by atoms with van der Waals surface area (Å²) in [6, 6.07) is 0. The van der Waals surface area contributed by atoms with Gasteiger partial charge in [-0.1, -0.05) is 0 Å². The Bertz CT molecular complexity index is 7.51. The van der Waals surface area contributed by atoms with Crippen LogP contribution in [0, 0.1) is 0 Å². The van der Waals surface area contributed by atoms with E-state index in [1.165, 1.54) is 0 Å². The Labute approximate surface area is 63.8 Å². The fourth-order valence-electron chi connectivity index (χ4n) is 0. The number of rotatable bonds is 0. The molecule has 0 heterocycles. The van der Waals surface area contributed by atoms with Crippen molar-refractivity contribution in [3.63, 3.8) is 0 Å². The van der Waals surface area contributed by atoms with Crippen molar-refractivity contribution in [3.8, 4) is 0 Å². The third kappa shape index (κ3) is 63.7. The average Bonchev–Trinajstić information content (AvgIpc) is 0. The van der Waals surface area contributed by atoms with Gasteiger partial charge in [0.15, 0.2) is 0 Å². The Balaban J connectivity index is 0. The topological polar surface area (TPSA) is 0 Å². The second-order valence-corrected chi connectivity index (χ2v) is 0. The quantitative estimate of drug-likeness (QED) is 0.307. The minimum atomic E-state index is 0. The standard InChI is InChI=1S/Bi.4FH.Li/h;4*1H;/q+3;;;;;+1/p-4. The van der Waals surface area contributed by atoms with Crippen LogP contribution in [-0.2, 0) is 0 Å². The van der Waals surface area contributed by atoms with Crippen LogP contribution in [0.4, 0.5) is 0 Å². The van der Waals surface area contributed by atoms with E-state index in [1.807, 2.05) is 0 Å². The molecule has 0 aliphatic heterocycles. The van der Waals surface area contributed by atoms with Crippen molar-refractivity contribution in [1.82, 2.24) is 0 Å². The molecule has 0 bridgehead atoms. The van der Waals surface area contributed by atoms with Crippen molar-refractivity contribution in [1.29, 1.82) is 0 Å². The molecule has 0 aromatic rings. The molecule has 0 saturated carbocycles. The first-order valence-electron chi connectivity index (χ1n) is 0. The summed E-state index contributed by atoms with van der Waals surface area (Å²) in [5.74, 6) is 0. The summed E-state index contributed by atoms with van der Waals surface area (Å²) in [4.78, 5) is 0. The van der Waals surface area contributed by atoms with Crippen LogP contribution in [0.5, 0.6) is 0 Å². The van der Waals surface area contributed by atoms with Gasteiger partial charge in [-0.25, -0.2) is 0 Å². The van der Waals surface area contributed by atoms with Gasteiger partial charge in [-0.05, 0) is 0 Å². The van der Waals surface area contributed by atoms with Gasteiger partial charge in [0, 0.05) is 0 Å². The smallest absolute Gasteiger partial charge is 1.00 e. The monoisotopic (exact) mass is 292 g/mol. The molecule has 0 saturated heterocycles. The van der Waals surface area contributed by atoms with Crippen LogP contribution in [-0.4, -0.2) is 26.2 Å². The van der Waals surface area contributed by atoms with E-state index in [0.717, 1.165) is 0 Å². The molecular formula is BiF4Li. The average molecular weight is 292 g/mol. The van der Waals surface area contributed by atoms with Crippen LogP contribution >= 0.6 is 0 Å². The van der Waals surface area contributed by atoms with Crippen LogP contribution in [0.2, 0.25) is 0 Å². The zero-order valence-electron chi connectivity index (χ0n) is 2.96. The Morgan fingerprint density at radius 2 is 0.500 bits per heavy atom. The number of hydrogen-bond acceptors (Lipinski definition) is 0. The van der Waals surface area contributed by atoms with Crippen LogP contribution in [0.3, 0.4) is 0 Å². The third-order valence-corrected chi connectivity index (χ3v) is 0. The molecule has 0 spiro atoms. The van der Waals surface area contributed by atoms with Crippen LogP contribution in [0.15, 0.2) is 0 Å². The summed E-state index contributed by atoms with van der Waals surface area (Å²) in [6.45, 7) is 0. The molecule has 0 aliphatic carbocycles. The van der Waals surface area contributed by atoms with Gasteiger partial charge >= 0.3 is 45.1 Å². The van der Waals surface area contributed by atoms with Gasteiger partial charge in [0.25, 0.3) is 0 Å². The van der Waals surface area contributed by atoms with Crippen molar-refractivity contribution in [3.05, 3.63) is 0 Å². The molecule has 0 N–H and O–H groups in total. The Kier molecular flexibility index (Phi) is 3720. The molecule has 2 radical (unpaired) electrons. The van der Waals surface area contributed by atoms with Crippen LogP contribution in [0.25, 0.3) is 0 Å². The summed E-state index contributed by atoms with van der Waals surface area (Å²) in [5, 5.41) is 0. The van der Waals surface area contributed by atoms with E-state index in [-0.39, 0.29) is 63.9 Å². The van der Waals surface area contributed by atoms with Gasteiger partial charge < -0.3 is 18.8 Å². The van der Waals surface area contributed by atoms with Gasteiger partial charge in [0.1, 0.15) is 0 Å². The van der Waals surface area contributed by atoms with E-state index in [4.69, 9.17) is 0 Å². The largest absolute Gasteiger partial charge is 3.00 e. The summed E-state index contributed by atoms with van der Waals surface area (Å²) in [6.07, 6.45) is 0. The van der Waals surface area contributed by atoms with Gasteiger partial charge in [-0.2, -0.15) is 0 Å². The van der Waals surface area contributed by atoms with Gasteiger partial charge in [0.2, 0.25) is 0 Å². The Morgan fingerprint density at radius 1 is 0.500 bits per heavy atom. The first-order chi connectivity index (χ1) is 0. The number of hydrogen-bond donors (Lipinski definition) is 0. The molecule has 0 aromatic heterocycles. The molecule has 0 rings (SSSR count). The van der Waals surface area contributed by atoms with Gasteiger partial charge in [-0.15, -0.1) is 0 Å². The molecule has 0 unspecified atom stereocenters. The molecule has 6 heteroatoms. The summed E-state index contributed by atoms with van der Waals surface area (Å²) >= 11 is 0. The van der Waals surface area contributed by atoms with E-state index < -0.39 is 0 Å². The fourth-order valence-corrected chi connectivity index (χ4v) is 0. The zero-order valence-corrected chi connectivity index (χ0v) is 6.44. The minimum Gasteiger partial charge on any atom is -1.00 e. The molecule has 0 amide bonds. The van der Waals surface area contributed by atoms with E-state index in [9.17, 15) is 0 Å². The first-order valence-corrected chi connectivity index (χ1v) is 0.